The van der Waals surface area contributed by atoms with Crippen LogP contribution in [-0.4, -0.2) is 26.8 Å². The van der Waals surface area contributed by atoms with Crippen molar-refractivity contribution in [3.63, 3.8) is 0 Å². The number of thioether (sulfide) groups is 1. The molecule has 1 aromatic heterocycles. The molecule has 8 heteroatoms. The van der Waals surface area contributed by atoms with Crippen LogP contribution in [0.5, 0.6) is 5.75 Å². The molecule has 0 aliphatic heterocycles. The molecule has 0 radical (unpaired) electrons. The highest BCUT2D eigenvalue weighted by Gasteiger charge is 2.17. The Bertz CT molecular complexity index is 1180. The van der Waals surface area contributed by atoms with Gasteiger partial charge in [-0.05, 0) is 29.8 Å². The van der Waals surface area contributed by atoms with Gasteiger partial charge in [-0.1, -0.05) is 54.2 Å². The number of para-hydroxylation sites is 1. The number of hydrogen-bond acceptors (Lipinski definition) is 6. The third-order valence-electron chi connectivity index (χ3n) is 4.47. The predicted octanol–water partition coefficient (Wildman–Crippen LogP) is 5.14. The first-order valence-corrected chi connectivity index (χ1v) is 10.2. The Morgan fingerprint density at radius 2 is 1.80 bits per heavy atom. The average Bonchev–Trinajstić information content (AvgIpc) is 3.22. The topological polar surface area (TPSA) is 83.1 Å². The van der Waals surface area contributed by atoms with Crippen LogP contribution in [0.15, 0.2) is 84.0 Å². The molecule has 4 rings (SSSR count). The monoisotopic (exact) mass is 418 g/mol. The molecule has 3 aromatic carbocycles. The van der Waals surface area contributed by atoms with E-state index in [2.05, 4.69) is 10.2 Å². The molecular weight excluding hydrogens is 400 g/mol. The van der Waals surface area contributed by atoms with Crippen LogP contribution in [0.1, 0.15) is 5.56 Å². The van der Waals surface area contributed by atoms with E-state index in [0.29, 0.717) is 16.7 Å². The van der Waals surface area contributed by atoms with Crippen LogP contribution >= 0.6 is 11.8 Å². The molecule has 0 amide bonds. The first-order valence-electron chi connectivity index (χ1n) is 9.17. The molecule has 30 heavy (non-hydrogen) atoms. The number of ether oxygens (including phenoxy) is 1. The van der Waals surface area contributed by atoms with Gasteiger partial charge in [0.1, 0.15) is 5.75 Å². The lowest BCUT2D eigenvalue weighted by Crippen LogP contribution is -2.00. The van der Waals surface area contributed by atoms with Crippen LogP contribution in [0.3, 0.4) is 0 Å². The number of hydrogen-bond donors (Lipinski definition) is 0. The summed E-state index contributed by atoms with van der Waals surface area (Å²) in [6, 6.07) is 24.1. The molecule has 0 saturated carbocycles. The molecule has 0 aliphatic rings. The quantitative estimate of drug-likeness (QED) is 0.235. The minimum atomic E-state index is -0.387. The third-order valence-corrected chi connectivity index (χ3v) is 5.47. The number of methoxy groups -OCH3 is 1. The molecule has 0 bridgehead atoms. The summed E-state index contributed by atoms with van der Waals surface area (Å²) in [5.41, 5.74) is 2.74. The Hall–Kier alpha value is -3.65. The molecular formula is C22H18N4O3S. The van der Waals surface area contributed by atoms with Gasteiger partial charge in [0.15, 0.2) is 11.0 Å². The highest BCUT2D eigenvalue weighted by Crippen LogP contribution is 2.31. The number of benzene rings is 3. The van der Waals surface area contributed by atoms with Gasteiger partial charge in [-0.25, -0.2) is 0 Å². The van der Waals surface area contributed by atoms with E-state index < -0.39 is 0 Å². The average molecular weight is 418 g/mol. The van der Waals surface area contributed by atoms with E-state index >= 15 is 0 Å². The zero-order valence-electron chi connectivity index (χ0n) is 16.1. The molecule has 7 nitrogen and oxygen atoms in total. The normalized spacial score (nSPS) is 10.7. The summed E-state index contributed by atoms with van der Waals surface area (Å²) in [4.78, 5) is 10.7. The maximum absolute atomic E-state index is 11.0. The molecule has 4 aromatic rings. The van der Waals surface area contributed by atoms with E-state index in [-0.39, 0.29) is 10.6 Å². The summed E-state index contributed by atoms with van der Waals surface area (Å²) in [5.74, 6) is 1.97. The fourth-order valence-corrected chi connectivity index (χ4v) is 3.92. The number of nitro benzene ring substituents is 1. The second kappa shape index (κ2) is 8.79. The number of aromatic nitrogens is 3. The van der Waals surface area contributed by atoms with Gasteiger partial charge in [-0.15, -0.1) is 10.2 Å². The lowest BCUT2D eigenvalue weighted by molar-refractivity contribution is -0.384. The summed E-state index contributed by atoms with van der Waals surface area (Å²) < 4.78 is 7.33. The molecule has 0 aliphatic carbocycles. The Morgan fingerprint density at radius 1 is 1.00 bits per heavy atom. The highest BCUT2D eigenvalue weighted by molar-refractivity contribution is 7.98. The largest absolute Gasteiger partial charge is 0.497 e. The molecule has 0 fully saturated rings. The van der Waals surface area contributed by atoms with Crippen molar-refractivity contribution in [2.45, 2.75) is 10.9 Å². The molecule has 0 unspecified atom stereocenters. The van der Waals surface area contributed by atoms with Crippen molar-refractivity contribution >= 4 is 17.4 Å². The number of nitrogens with zero attached hydrogens (tertiary/aromatic N) is 4. The Kier molecular flexibility index (Phi) is 5.76. The summed E-state index contributed by atoms with van der Waals surface area (Å²) >= 11 is 1.48. The van der Waals surface area contributed by atoms with Crippen LogP contribution in [0.2, 0.25) is 0 Å². The predicted molar refractivity (Wildman–Crippen MR) is 116 cm³/mol. The van der Waals surface area contributed by atoms with Gasteiger partial charge in [0.2, 0.25) is 0 Å². The molecule has 0 saturated heterocycles. The van der Waals surface area contributed by atoms with Gasteiger partial charge in [0.25, 0.3) is 5.69 Å². The standard InChI is InChI=1S/C22H18N4O3S/c1-29-20-12-6-8-17(14-20)21-23-24-22(25(21)18-9-3-2-4-10-18)30-15-16-7-5-11-19(13-16)26(27)28/h2-14H,15H2,1H3. The molecule has 1 heterocycles. The smallest absolute Gasteiger partial charge is 0.269 e. The van der Waals surface area contributed by atoms with Crippen LogP contribution in [0.25, 0.3) is 17.1 Å². The fraction of sp³-hybridized carbons (Fsp3) is 0.0909. The molecule has 150 valence electrons. The minimum Gasteiger partial charge on any atom is -0.497 e. The van der Waals surface area contributed by atoms with Gasteiger partial charge >= 0.3 is 0 Å². The number of rotatable bonds is 7. The molecule has 0 spiro atoms. The fourth-order valence-electron chi connectivity index (χ4n) is 3.03. The van der Waals surface area contributed by atoms with Crippen LogP contribution < -0.4 is 4.74 Å². The lowest BCUT2D eigenvalue weighted by Gasteiger charge is -2.11. The van der Waals surface area contributed by atoms with E-state index in [1.807, 2.05) is 65.2 Å². The molecule has 0 atom stereocenters. The lowest BCUT2D eigenvalue weighted by atomic mass is 10.2. The Labute approximate surface area is 177 Å². The summed E-state index contributed by atoms with van der Waals surface area (Å²) in [6.45, 7) is 0. The maximum atomic E-state index is 11.0. The van der Waals surface area contributed by atoms with Crippen molar-refractivity contribution in [1.82, 2.24) is 14.8 Å². The van der Waals surface area contributed by atoms with Crippen molar-refractivity contribution in [2.24, 2.45) is 0 Å². The van der Waals surface area contributed by atoms with Gasteiger partial charge in [0.05, 0.1) is 12.0 Å². The minimum absolute atomic E-state index is 0.0784. The van der Waals surface area contributed by atoms with Crippen molar-refractivity contribution in [1.29, 1.82) is 0 Å². The maximum Gasteiger partial charge on any atom is 0.269 e. The van der Waals surface area contributed by atoms with Crippen LogP contribution in [0, 0.1) is 10.1 Å². The van der Waals surface area contributed by atoms with Crippen molar-refractivity contribution < 1.29 is 9.66 Å². The van der Waals surface area contributed by atoms with Gasteiger partial charge < -0.3 is 4.74 Å². The van der Waals surface area contributed by atoms with Crippen molar-refractivity contribution in [3.8, 4) is 22.8 Å². The first-order chi connectivity index (χ1) is 14.7. The first kappa shape index (κ1) is 19.7. The van der Waals surface area contributed by atoms with Gasteiger partial charge in [0, 0.05) is 29.1 Å². The van der Waals surface area contributed by atoms with Gasteiger partial charge in [-0.3, -0.25) is 14.7 Å². The van der Waals surface area contributed by atoms with E-state index in [1.54, 1.807) is 19.2 Å². The van der Waals surface area contributed by atoms with Gasteiger partial charge in [-0.2, -0.15) is 0 Å². The number of non-ortho nitro benzene ring substituents is 1. The van der Waals surface area contributed by atoms with E-state index in [4.69, 9.17) is 4.74 Å². The molecule has 0 N–H and O–H groups in total. The number of nitro groups is 1. The zero-order valence-corrected chi connectivity index (χ0v) is 17.0. The second-order valence-corrected chi connectivity index (χ2v) is 7.37. The summed E-state index contributed by atoms with van der Waals surface area (Å²) in [6.07, 6.45) is 0. The van der Waals surface area contributed by atoms with Crippen molar-refractivity contribution in [3.05, 3.63) is 94.5 Å². The summed E-state index contributed by atoms with van der Waals surface area (Å²) in [7, 11) is 1.63. The Morgan fingerprint density at radius 3 is 2.57 bits per heavy atom. The van der Waals surface area contributed by atoms with E-state index in [0.717, 1.165) is 22.6 Å². The Balaban J connectivity index is 1.71. The van der Waals surface area contributed by atoms with Crippen LogP contribution in [-0.2, 0) is 5.75 Å². The third kappa shape index (κ3) is 4.18. The highest BCUT2D eigenvalue weighted by atomic mass is 32.2. The van der Waals surface area contributed by atoms with E-state index in [9.17, 15) is 10.1 Å². The SMILES string of the molecule is COc1cccc(-c2nnc(SCc3cccc([N+](=O)[O-])c3)n2-c2ccccc2)c1. The second-order valence-electron chi connectivity index (χ2n) is 6.42. The summed E-state index contributed by atoms with van der Waals surface area (Å²) in [5, 5.41) is 20.6. The van der Waals surface area contributed by atoms with Crippen LogP contribution in [0.4, 0.5) is 5.69 Å². The van der Waals surface area contributed by atoms with E-state index in [1.165, 1.54) is 17.8 Å². The zero-order chi connectivity index (χ0) is 20.9. The van der Waals surface area contributed by atoms with Crippen molar-refractivity contribution in [2.75, 3.05) is 7.11 Å².